The molecule has 1 N–H and O–H groups in total. The first-order valence-electron chi connectivity index (χ1n) is 11.2. The number of benzene rings is 2. The Morgan fingerprint density at radius 1 is 1.11 bits per heavy atom. The summed E-state index contributed by atoms with van der Waals surface area (Å²) in [6.07, 6.45) is 1.53. The lowest BCUT2D eigenvalue weighted by Gasteiger charge is -2.15. The van der Waals surface area contributed by atoms with Gasteiger partial charge in [-0.1, -0.05) is 29.3 Å². The highest BCUT2D eigenvalue weighted by molar-refractivity contribution is 9.10. The molecule has 38 heavy (non-hydrogen) atoms. The van der Waals surface area contributed by atoms with Crippen molar-refractivity contribution in [1.82, 2.24) is 10.2 Å². The average molecular weight is 624 g/mol. The second kappa shape index (κ2) is 11.9. The van der Waals surface area contributed by atoms with Crippen LogP contribution in [-0.4, -0.2) is 36.5 Å². The summed E-state index contributed by atoms with van der Waals surface area (Å²) in [4.78, 5) is 38.0. The summed E-state index contributed by atoms with van der Waals surface area (Å²) in [7, 11) is 1.22. The van der Waals surface area contributed by atoms with Crippen molar-refractivity contribution in [3.05, 3.63) is 85.3 Å². The van der Waals surface area contributed by atoms with Crippen molar-refractivity contribution in [2.45, 2.75) is 20.1 Å². The molecule has 1 aromatic heterocycles. The molecule has 1 saturated heterocycles. The highest BCUT2D eigenvalue weighted by atomic mass is 79.9. The quantitative estimate of drug-likeness (QED) is 0.172. The van der Waals surface area contributed by atoms with Crippen LogP contribution in [-0.2, 0) is 22.7 Å². The van der Waals surface area contributed by atoms with Crippen LogP contribution in [0, 0.1) is 0 Å². The Bertz CT molecular complexity index is 1440. The van der Waals surface area contributed by atoms with E-state index in [-0.39, 0.29) is 30.4 Å². The molecule has 0 unspecified atom stereocenters. The van der Waals surface area contributed by atoms with Crippen LogP contribution in [0.25, 0.3) is 6.08 Å². The van der Waals surface area contributed by atoms with Crippen molar-refractivity contribution in [1.29, 1.82) is 0 Å². The van der Waals surface area contributed by atoms with Crippen LogP contribution in [0.2, 0.25) is 10.0 Å². The summed E-state index contributed by atoms with van der Waals surface area (Å²) < 4.78 is 22.3. The standard InChI is InChI=1S/C26H21BrCl2N2O7/c1-3-36-22-11-15(8-17(27)23(22)37-13-14-4-6-18(28)19(29)9-14)10-20-24(32)31(26(34)30-20)12-16-5-7-21(38-16)25(33)35-2/h4-11H,3,12-13H2,1-2H3,(H,30,34)/b20-10-. The molecule has 3 aromatic rings. The minimum absolute atomic E-state index is 0.0277. The Labute approximate surface area is 236 Å². The molecule has 1 aliphatic rings. The Balaban J connectivity index is 1.53. The molecule has 0 spiro atoms. The van der Waals surface area contributed by atoms with Crippen molar-refractivity contribution in [2.24, 2.45) is 0 Å². The number of imide groups is 1. The third-order valence-corrected chi connectivity index (χ3v) is 6.66. The SMILES string of the molecule is CCOc1cc(/C=C2\NC(=O)N(Cc3ccc(C(=O)OC)o3)C2=O)cc(Br)c1OCc1ccc(Cl)c(Cl)c1. The van der Waals surface area contributed by atoms with Gasteiger partial charge in [-0.15, -0.1) is 0 Å². The number of nitrogens with zero attached hydrogens (tertiary/aromatic N) is 1. The van der Waals surface area contributed by atoms with Gasteiger partial charge in [-0.25, -0.2) is 9.59 Å². The van der Waals surface area contributed by atoms with Gasteiger partial charge in [-0.3, -0.25) is 9.69 Å². The monoisotopic (exact) mass is 622 g/mol. The first-order valence-corrected chi connectivity index (χ1v) is 12.8. The van der Waals surface area contributed by atoms with Gasteiger partial charge in [0.15, 0.2) is 11.5 Å². The Kier molecular flexibility index (Phi) is 8.65. The van der Waals surface area contributed by atoms with E-state index in [1.807, 2.05) is 6.92 Å². The summed E-state index contributed by atoms with van der Waals surface area (Å²) >= 11 is 15.6. The molecule has 12 heteroatoms. The molecule has 0 saturated carbocycles. The van der Waals surface area contributed by atoms with Gasteiger partial charge in [-0.05, 0) is 76.5 Å². The van der Waals surface area contributed by atoms with Gasteiger partial charge in [0.05, 0.1) is 34.8 Å². The second-order valence-corrected chi connectivity index (χ2v) is 9.61. The zero-order valence-electron chi connectivity index (χ0n) is 20.2. The van der Waals surface area contributed by atoms with E-state index in [1.54, 1.807) is 30.3 Å². The van der Waals surface area contributed by atoms with Gasteiger partial charge in [0.2, 0.25) is 5.76 Å². The normalized spacial score (nSPS) is 14.1. The fourth-order valence-corrected chi connectivity index (χ4v) is 4.46. The first kappa shape index (κ1) is 27.6. The molecule has 2 heterocycles. The fraction of sp³-hybridized carbons (Fsp3) is 0.192. The number of amides is 3. The van der Waals surface area contributed by atoms with E-state index in [2.05, 4.69) is 26.0 Å². The Hall–Kier alpha value is -3.47. The molecule has 0 radical (unpaired) electrons. The second-order valence-electron chi connectivity index (χ2n) is 7.94. The van der Waals surface area contributed by atoms with Crippen LogP contribution in [0.15, 0.2) is 57.1 Å². The molecule has 0 aliphatic carbocycles. The maximum Gasteiger partial charge on any atom is 0.373 e. The number of carbonyl (C=O) groups excluding carboxylic acids is 3. The van der Waals surface area contributed by atoms with Crippen molar-refractivity contribution in [2.75, 3.05) is 13.7 Å². The van der Waals surface area contributed by atoms with E-state index >= 15 is 0 Å². The Morgan fingerprint density at radius 3 is 2.61 bits per heavy atom. The van der Waals surface area contributed by atoms with E-state index in [1.165, 1.54) is 25.3 Å². The smallest absolute Gasteiger partial charge is 0.373 e. The predicted octanol–water partition coefficient (Wildman–Crippen LogP) is 6.21. The molecule has 2 aromatic carbocycles. The van der Waals surface area contributed by atoms with Crippen molar-refractivity contribution < 1.29 is 33.0 Å². The minimum Gasteiger partial charge on any atom is -0.490 e. The maximum atomic E-state index is 12.9. The van der Waals surface area contributed by atoms with Crippen LogP contribution < -0.4 is 14.8 Å². The summed E-state index contributed by atoms with van der Waals surface area (Å²) in [6.45, 7) is 2.26. The van der Waals surface area contributed by atoms with E-state index in [0.29, 0.717) is 38.2 Å². The number of ether oxygens (including phenoxy) is 3. The molecule has 3 amide bonds. The molecule has 9 nitrogen and oxygen atoms in total. The highest BCUT2D eigenvalue weighted by Gasteiger charge is 2.34. The fourth-order valence-electron chi connectivity index (χ4n) is 3.57. The maximum absolute atomic E-state index is 12.9. The number of hydrogen-bond donors (Lipinski definition) is 1. The molecule has 1 fully saturated rings. The number of halogens is 3. The summed E-state index contributed by atoms with van der Waals surface area (Å²) in [5, 5.41) is 3.43. The van der Waals surface area contributed by atoms with E-state index < -0.39 is 17.9 Å². The van der Waals surface area contributed by atoms with Crippen LogP contribution in [0.5, 0.6) is 11.5 Å². The lowest BCUT2D eigenvalue weighted by Crippen LogP contribution is -2.30. The van der Waals surface area contributed by atoms with Gasteiger partial charge in [0.25, 0.3) is 5.91 Å². The molecular formula is C26H21BrCl2N2O7. The van der Waals surface area contributed by atoms with E-state index in [0.717, 1.165) is 10.5 Å². The topological polar surface area (TPSA) is 107 Å². The van der Waals surface area contributed by atoms with Gasteiger partial charge in [0, 0.05) is 0 Å². The van der Waals surface area contributed by atoms with Crippen LogP contribution in [0.1, 0.15) is 34.4 Å². The zero-order valence-corrected chi connectivity index (χ0v) is 23.3. The molecule has 0 atom stereocenters. The van der Waals surface area contributed by atoms with Gasteiger partial charge < -0.3 is 23.9 Å². The lowest BCUT2D eigenvalue weighted by molar-refractivity contribution is -0.123. The van der Waals surface area contributed by atoms with Crippen molar-refractivity contribution >= 4 is 63.1 Å². The molecule has 1 aliphatic heterocycles. The van der Waals surface area contributed by atoms with Crippen LogP contribution >= 0.6 is 39.1 Å². The van der Waals surface area contributed by atoms with Crippen molar-refractivity contribution in [3.63, 3.8) is 0 Å². The highest BCUT2D eigenvalue weighted by Crippen LogP contribution is 2.38. The van der Waals surface area contributed by atoms with Gasteiger partial charge in [-0.2, -0.15) is 0 Å². The molecule has 4 rings (SSSR count). The molecule has 198 valence electrons. The van der Waals surface area contributed by atoms with E-state index in [4.69, 9.17) is 37.1 Å². The number of rotatable bonds is 9. The van der Waals surface area contributed by atoms with Gasteiger partial charge >= 0.3 is 12.0 Å². The average Bonchev–Trinajstić information content (AvgIpc) is 3.46. The van der Waals surface area contributed by atoms with Crippen LogP contribution in [0.3, 0.4) is 0 Å². The summed E-state index contributed by atoms with van der Waals surface area (Å²) in [5.74, 6) is -0.0923. The van der Waals surface area contributed by atoms with Crippen LogP contribution in [0.4, 0.5) is 4.79 Å². The Morgan fingerprint density at radius 2 is 1.89 bits per heavy atom. The number of hydrogen-bond acceptors (Lipinski definition) is 7. The molecular weight excluding hydrogens is 603 g/mol. The van der Waals surface area contributed by atoms with Gasteiger partial charge in [0.1, 0.15) is 18.1 Å². The third kappa shape index (κ3) is 6.15. The third-order valence-electron chi connectivity index (χ3n) is 5.33. The summed E-state index contributed by atoms with van der Waals surface area (Å²) in [5.41, 5.74) is 1.46. The minimum atomic E-state index is -0.658. The number of nitrogens with one attached hydrogen (secondary N) is 1. The number of methoxy groups -OCH3 is 1. The van der Waals surface area contributed by atoms with Crippen molar-refractivity contribution in [3.8, 4) is 11.5 Å². The number of esters is 1. The number of urea groups is 1. The first-order chi connectivity index (χ1) is 18.2. The molecule has 0 bridgehead atoms. The summed E-state index contributed by atoms with van der Waals surface area (Å²) in [6, 6.07) is 10.9. The lowest BCUT2D eigenvalue weighted by atomic mass is 10.1. The predicted molar refractivity (Wildman–Crippen MR) is 143 cm³/mol. The van der Waals surface area contributed by atoms with E-state index in [9.17, 15) is 14.4 Å². The largest absolute Gasteiger partial charge is 0.490 e. The number of carbonyl (C=O) groups is 3. The number of furan rings is 1. The zero-order chi connectivity index (χ0) is 27.4.